The Kier molecular flexibility index (Phi) is 4.07. The van der Waals surface area contributed by atoms with Gasteiger partial charge in [0.05, 0.1) is 16.8 Å². The lowest BCUT2D eigenvalue weighted by Gasteiger charge is -2.16. The number of aromatic nitrogens is 1. The number of hydrogen-bond acceptors (Lipinski definition) is 3. The Bertz CT molecular complexity index is 1330. The molecule has 0 amide bonds. The monoisotopic (exact) mass is 391 g/mol. The first-order valence-electron chi connectivity index (χ1n) is 9.68. The minimum absolute atomic E-state index is 0.227. The third-order valence-electron chi connectivity index (χ3n) is 5.55. The Balaban J connectivity index is 1.86. The summed E-state index contributed by atoms with van der Waals surface area (Å²) in [5.41, 5.74) is 3.50. The van der Waals surface area contributed by atoms with Crippen LogP contribution >= 0.6 is 0 Å². The molecule has 30 heavy (non-hydrogen) atoms. The van der Waals surface area contributed by atoms with Gasteiger partial charge in [-0.25, -0.2) is 0 Å². The lowest BCUT2D eigenvalue weighted by atomic mass is 9.83. The molecule has 4 nitrogen and oxygen atoms in total. The highest BCUT2D eigenvalue weighted by atomic mass is 16.2. The van der Waals surface area contributed by atoms with Gasteiger partial charge >= 0.3 is 0 Å². The number of fused-ring (bicyclic) bond motifs is 2. The fourth-order valence-electron chi connectivity index (χ4n) is 4.17. The standard InChI is InChI=1S/C26H17NO3/c1-16-21-22(25(29)20-15-9-8-14-19(20)24(21)28)23(17-10-4-2-5-11-17)27(16)26(30)18-12-6-3-7-13-18/h2-15H,1H3. The second-order valence-electron chi connectivity index (χ2n) is 7.26. The van der Waals surface area contributed by atoms with Crippen LogP contribution in [0.15, 0.2) is 84.9 Å². The summed E-state index contributed by atoms with van der Waals surface area (Å²) in [6, 6.07) is 25.0. The Morgan fingerprint density at radius 1 is 0.667 bits per heavy atom. The second kappa shape index (κ2) is 6.78. The van der Waals surface area contributed by atoms with Gasteiger partial charge in [-0.1, -0.05) is 72.8 Å². The molecule has 3 aromatic carbocycles. The van der Waals surface area contributed by atoms with Crippen LogP contribution in [0.3, 0.4) is 0 Å². The lowest BCUT2D eigenvalue weighted by molar-refractivity contribution is 0.0960. The molecule has 4 aromatic rings. The molecule has 0 fully saturated rings. The summed E-state index contributed by atoms with van der Waals surface area (Å²) in [5, 5.41) is 0. The maximum absolute atomic E-state index is 13.5. The summed E-state index contributed by atoms with van der Waals surface area (Å²) in [6.07, 6.45) is 0. The first-order valence-corrected chi connectivity index (χ1v) is 9.68. The highest BCUT2D eigenvalue weighted by Gasteiger charge is 2.38. The van der Waals surface area contributed by atoms with Gasteiger partial charge in [-0.2, -0.15) is 0 Å². The molecule has 0 radical (unpaired) electrons. The van der Waals surface area contributed by atoms with Gasteiger partial charge in [0.1, 0.15) is 0 Å². The molecule has 0 atom stereocenters. The molecule has 0 N–H and O–H groups in total. The predicted molar refractivity (Wildman–Crippen MR) is 114 cm³/mol. The van der Waals surface area contributed by atoms with Gasteiger partial charge in [-0.15, -0.1) is 0 Å². The fourth-order valence-corrected chi connectivity index (χ4v) is 4.17. The van der Waals surface area contributed by atoms with Crippen molar-refractivity contribution >= 4 is 17.5 Å². The number of rotatable bonds is 2. The highest BCUT2D eigenvalue weighted by Crippen LogP contribution is 2.38. The van der Waals surface area contributed by atoms with Gasteiger partial charge < -0.3 is 0 Å². The minimum atomic E-state index is -0.272. The van der Waals surface area contributed by atoms with Crippen LogP contribution in [-0.2, 0) is 0 Å². The van der Waals surface area contributed by atoms with Gasteiger partial charge in [-0.3, -0.25) is 19.0 Å². The van der Waals surface area contributed by atoms with Crippen LogP contribution in [0.2, 0.25) is 0 Å². The van der Waals surface area contributed by atoms with E-state index in [0.29, 0.717) is 44.8 Å². The average molecular weight is 391 g/mol. The van der Waals surface area contributed by atoms with Gasteiger partial charge in [-0.05, 0) is 24.6 Å². The largest absolute Gasteiger partial charge is 0.288 e. The molecule has 5 rings (SSSR count). The molecule has 4 heteroatoms. The molecule has 0 bridgehead atoms. The molecule has 1 aromatic heterocycles. The molecular weight excluding hydrogens is 374 g/mol. The summed E-state index contributed by atoms with van der Waals surface area (Å²) in [4.78, 5) is 40.4. The van der Waals surface area contributed by atoms with Crippen molar-refractivity contribution in [2.75, 3.05) is 0 Å². The summed E-state index contributed by atoms with van der Waals surface area (Å²) in [6.45, 7) is 1.73. The zero-order valence-corrected chi connectivity index (χ0v) is 16.3. The van der Waals surface area contributed by atoms with E-state index in [1.807, 2.05) is 36.4 Å². The maximum atomic E-state index is 13.5. The van der Waals surface area contributed by atoms with Crippen LogP contribution < -0.4 is 0 Å². The van der Waals surface area contributed by atoms with E-state index in [9.17, 15) is 14.4 Å². The predicted octanol–water partition coefficient (Wildman–Crippen LogP) is 4.93. The van der Waals surface area contributed by atoms with Crippen molar-refractivity contribution < 1.29 is 14.4 Å². The third-order valence-corrected chi connectivity index (χ3v) is 5.55. The third kappa shape index (κ3) is 2.51. The highest BCUT2D eigenvalue weighted by molar-refractivity contribution is 6.31. The van der Waals surface area contributed by atoms with Crippen molar-refractivity contribution in [2.24, 2.45) is 0 Å². The molecule has 0 aliphatic heterocycles. The molecule has 0 saturated carbocycles. The van der Waals surface area contributed by atoms with E-state index in [2.05, 4.69) is 0 Å². The van der Waals surface area contributed by atoms with E-state index in [0.717, 1.165) is 0 Å². The summed E-state index contributed by atoms with van der Waals surface area (Å²) in [7, 11) is 0. The normalized spacial score (nSPS) is 12.4. The molecule has 1 heterocycles. The van der Waals surface area contributed by atoms with Gasteiger partial charge in [0.25, 0.3) is 5.91 Å². The van der Waals surface area contributed by atoms with E-state index in [-0.39, 0.29) is 17.5 Å². The Morgan fingerprint density at radius 3 is 1.77 bits per heavy atom. The first-order chi connectivity index (χ1) is 14.6. The average Bonchev–Trinajstić information content (AvgIpc) is 3.11. The Hall–Kier alpha value is -4.05. The Morgan fingerprint density at radius 2 is 1.17 bits per heavy atom. The number of benzene rings is 3. The number of nitrogens with zero attached hydrogens (tertiary/aromatic N) is 1. The van der Waals surface area contributed by atoms with Gasteiger partial charge in [0.2, 0.25) is 0 Å². The second-order valence-corrected chi connectivity index (χ2v) is 7.26. The molecule has 0 spiro atoms. The van der Waals surface area contributed by atoms with Gasteiger partial charge in [0, 0.05) is 22.4 Å². The Labute approximate surface area is 173 Å². The van der Waals surface area contributed by atoms with Crippen LogP contribution in [0.25, 0.3) is 11.3 Å². The smallest absolute Gasteiger partial charge is 0.262 e. The number of carbonyl (C=O) groups excluding carboxylic acids is 3. The summed E-state index contributed by atoms with van der Waals surface area (Å²) in [5.74, 6) is -0.734. The zero-order valence-electron chi connectivity index (χ0n) is 16.3. The van der Waals surface area contributed by atoms with Crippen molar-refractivity contribution in [1.29, 1.82) is 0 Å². The van der Waals surface area contributed by atoms with Crippen molar-refractivity contribution in [2.45, 2.75) is 6.92 Å². The van der Waals surface area contributed by atoms with Gasteiger partial charge in [0.15, 0.2) is 11.6 Å². The molecule has 144 valence electrons. The van der Waals surface area contributed by atoms with Crippen LogP contribution in [0.1, 0.15) is 47.9 Å². The van der Waals surface area contributed by atoms with Crippen LogP contribution in [0.4, 0.5) is 0 Å². The minimum Gasteiger partial charge on any atom is -0.288 e. The zero-order chi connectivity index (χ0) is 20.8. The quantitative estimate of drug-likeness (QED) is 0.429. The lowest BCUT2D eigenvalue weighted by Crippen LogP contribution is -2.20. The van der Waals surface area contributed by atoms with E-state index in [1.54, 1.807) is 55.5 Å². The van der Waals surface area contributed by atoms with E-state index >= 15 is 0 Å². The van der Waals surface area contributed by atoms with E-state index in [1.165, 1.54) is 4.57 Å². The molecule has 1 aliphatic rings. The molecule has 0 saturated heterocycles. The molecule has 0 unspecified atom stereocenters. The van der Waals surface area contributed by atoms with Crippen LogP contribution in [0.5, 0.6) is 0 Å². The van der Waals surface area contributed by atoms with Crippen molar-refractivity contribution in [1.82, 2.24) is 4.57 Å². The van der Waals surface area contributed by atoms with Crippen molar-refractivity contribution in [3.8, 4) is 11.3 Å². The summed E-state index contributed by atoms with van der Waals surface area (Å²) >= 11 is 0. The molecule has 1 aliphatic carbocycles. The number of hydrogen-bond donors (Lipinski definition) is 0. The van der Waals surface area contributed by atoms with Crippen LogP contribution in [0, 0.1) is 6.92 Å². The van der Waals surface area contributed by atoms with Crippen molar-refractivity contribution in [3.05, 3.63) is 118 Å². The van der Waals surface area contributed by atoms with E-state index in [4.69, 9.17) is 0 Å². The van der Waals surface area contributed by atoms with Crippen molar-refractivity contribution in [3.63, 3.8) is 0 Å². The summed E-state index contributed by atoms with van der Waals surface area (Å²) < 4.78 is 1.51. The first kappa shape index (κ1) is 18.0. The molecular formula is C26H17NO3. The van der Waals surface area contributed by atoms with Crippen LogP contribution in [-0.4, -0.2) is 22.0 Å². The topological polar surface area (TPSA) is 56.1 Å². The van der Waals surface area contributed by atoms with E-state index < -0.39 is 0 Å². The maximum Gasteiger partial charge on any atom is 0.262 e. The SMILES string of the molecule is Cc1c2c(c(-c3ccccc3)n1C(=O)c1ccccc1)C(=O)c1ccccc1C2=O. The fraction of sp³-hybridized carbons (Fsp3) is 0.0385. The number of carbonyl (C=O) groups is 3. The number of ketones is 2.